The van der Waals surface area contributed by atoms with Crippen LogP contribution in [0.3, 0.4) is 0 Å². The van der Waals surface area contributed by atoms with Crippen molar-refractivity contribution in [3.63, 3.8) is 0 Å². The van der Waals surface area contributed by atoms with Gasteiger partial charge in [0.25, 0.3) is 11.9 Å². The molecule has 4 heterocycles. The zero-order chi connectivity index (χ0) is 23.0. The normalized spacial score (nSPS) is 15.2. The summed E-state index contributed by atoms with van der Waals surface area (Å²) in [5, 5.41) is 8.00. The van der Waals surface area contributed by atoms with Crippen molar-refractivity contribution in [1.82, 2.24) is 29.6 Å². The van der Waals surface area contributed by atoms with Gasteiger partial charge in [0.05, 0.1) is 18.0 Å². The Morgan fingerprint density at radius 1 is 1.19 bits per heavy atom. The minimum absolute atomic E-state index is 0.00698. The number of hydrogen-bond donors (Lipinski definition) is 1. The Morgan fingerprint density at radius 3 is 2.53 bits per heavy atom. The number of piperazine rings is 1. The van der Waals surface area contributed by atoms with Crippen LogP contribution in [0.15, 0.2) is 18.3 Å². The number of likely N-dealkylation sites (N-methyl/N-ethyl adjacent to an activating group) is 1. The maximum absolute atomic E-state index is 14.1. The van der Waals surface area contributed by atoms with Gasteiger partial charge in [0.1, 0.15) is 11.5 Å². The average Bonchev–Trinajstić information content (AvgIpc) is 3.11. The number of methoxy groups -OCH3 is 1. The van der Waals surface area contributed by atoms with Gasteiger partial charge in [-0.05, 0) is 7.05 Å². The molecule has 1 aliphatic heterocycles. The number of carbonyl (C=O) groups is 1. The van der Waals surface area contributed by atoms with Crippen molar-refractivity contribution in [2.45, 2.75) is 19.8 Å². The number of nitrogens with zero attached hydrogens (tertiary/aromatic N) is 7. The van der Waals surface area contributed by atoms with Crippen molar-refractivity contribution in [2.24, 2.45) is 0 Å². The van der Waals surface area contributed by atoms with Gasteiger partial charge in [0.15, 0.2) is 5.82 Å². The average molecular weight is 446 g/mol. The highest BCUT2D eigenvalue weighted by atomic mass is 19.3. The van der Waals surface area contributed by atoms with E-state index < -0.39 is 11.6 Å². The summed E-state index contributed by atoms with van der Waals surface area (Å²) < 4.78 is 34.7. The van der Waals surface area contributed by atoms with Gasteiger partial charge in [-0.25, -0.2) is 9.97 Å². The van der Waals surface area contributed by atoms with E-state index in [0.717, 1.165) is 39.2 Å². The van der Waals surface area contributed by atoms with Crippen LogP contribution in [0.5, 0.6) is 5.88 Å². The lowest BCUT2D eigenvalue weighted by molar-refractivity contribution is -0.114. The predicted octanol–water partition coefficient (Wildman–Crippen LogP) is 2.04. The maximum Gasteiger partial charge on any atom is 0.287 e. The molecule has 0 radical (unpaired) electrons. The molecule has 1 aliphatic rings. The first-order valence-corrected chi connectivity index (χ1v) is 10.1. The van der Waals surface area contributed by atoms with Crippen LogP contribution < -0.4 is 15.0 Å². The fourth-order valence-electron chi connectivity index (χ4n) is 3.48. The second-order valence-electron chi connectivity index (χ2n) is 7.78. The van der Waals surface area contributed by atoms with E-state index in [4.69, 9.17) is 4.74 Å². The largest absolute Gasteiger partial charge is 0.481 e. The first-order chi connectivity index (χ1) is 15.2. The molecule has 0 aromatic carbocycles. The van der Waals surface area contributed by atoms with E-state index in [1.54, 1.807) is 12.3 Å². The lowest BCUT2D eigenvalue weighted by Gasteiger charge is -2.32. The Balaban J connectivity index is 1.90. The van der Waals surface area contributed by atoms with Crippen LogP contribution in [-0.4, -0.2) is 75.9 Å². The van der Waals surface area contributed by atoms with Gasteiger partial charge < -0.3 is 19.9 Å². The number of hydrogen-bond acceptors (Lipinski definition) is 8. The smallest absolute Gasteiger partial charge is 0.287 e. The summed E-state index contributed by atoms with van der Waals surface area (Å²) in [4.78, 5) is 28.4. The van der Waals surface area contributed by atoms with Crippen LogP contribution in [0.1, 0.15) is 19.5 Å². The lowest BCUT2D eigenvalue weighted by atomic mass is 10.2. The first kappa shape index (κ1) is 21.8. The molecule has 0 atom stereocenters. The van der Waals surface area contributed by atoms with Crippen molar-refractivity contribution in [3.05, 3.63) is 24.0 Å². The number of alkyl halides is 2. The number of amides is 1. The molecule has 1 fully saturated rings. The number of anilines is 2. The number of fused-ring (bicyclic) bond motifs is 1. The molecule has 12 heteroatoms. The standard InChI is InChI=1S/C20H24F2N8O2/c1-12(31)24-16-9-14-13(11-23-16)18(29-7-5-28(3)6-8-29)27-30(14)19-25-15(20(2,21)22)10-17(26-19)32-4/h9-11H,5-8H2,1-4H3,(H,23,24,31). The number of nitrogens with one attached hydrogen (secondary N) is 1. The highest BCUT2D eigenvalue weighted by molar-refractivity contribution is 5.95. The fraction of sp³-hybridized carbons (Fsp3) is 0.450. The Morgan fingerprint density at radius 2 is 1.91 bits per heavy atom. The molecular weight excluding hydrogens is 422 g/mol. The van der Waals surface area contributed by atoms with E-state index in [1.807, 2.05) is 7.05 Å². The molecule has 3 aromatic heterocycles. The fourth-order valence-corrected chi connectivity index (χ4v) is 3.48. The summed E-state index contributed by atoms with van der Waals surface area (Å²) in [5.74, 6) is -2.60. The molecule has 3 aromatic rings. The summed E-state index contributed by atoms with van der Waals surface area (Å²) in [5.41, 5.74) is 0.0385. The van der Waals surface area contributed by atoms with Gasteiger partial charge in [-0.3, -0.25) is 4.79 Å². The van der Waals surface area contributed by atoms with Crippen molar-refractivity contribution in [1.29, 1.82) is 0 Å². The zero-order valence-electron chi connectivity index (χ0n) is 18.3. The van der Waals surface area contributed by atoms with Gasteiger partial charge in [0.2, 0.25) is 11.8 Å². The molecule has 1 N–H and O–H groups in total. The van der Waals surface area contributed by atoms with Crippen molar-refractivity contribution in [3.8, 4) is 11.8 Å². The molecule has 0 bridgehead atoms. The lowest BCUT2D eigenvalue weighted by Crippen LogP contribution is -2.44. The first-order valence-electron chi connectivity index (χ1n) is 10.1. The molecule has 1 amide bonds. The van der Waals surface area contributed by atoms with Gasteiger partial charge in [-0.1, -0.05) is 0 Å². The number of ether oxygens (including phenoxy) is 1. The van der Waals surface area contributed by atoms with E-state index in [0.29, 0.717) is 22.5 Å². The Hall–Kier alpha value is -3.41. The molecule has 0 saturated carbocycles. The Labute approximate surface area is 183 Å². The van der Waals surface area contributed by atoms with Gasteiger partial charge >= 0.3 is 0 Å². The molecule has 10 nitrogen and oxygen atoms in total. The second-order valence-corrected chi connectivity index (χ2v) is 7.78. The number of rotatable bonds is 5. The van der Waals surface area contributed by atoms with Crippen LogP contribution in [0, 0.1) is 0 Å². The summed E-state index contributed by atoms with van der Waals surface area (Å²) in [6, 6.07) is 2.72. The predicted molar refractivity (Wildman–Crippen MR) is 115 cm³/mol. The van der Waals surface area contributed by atoms with Crippen molar-refractivity contribution in [2.75, 3.05) is 50.6 Å². The minimum Gasteiger partial charge on any atom is -0.481 e. The summed E-state index contributed by atoms with van der Waals surface area (Å²) in [7, 11) is 3.39. The monoisotopic (exact) mass is 446 g/mol. The van der Waals surface area contributed by atoms with E-state index in [-0.39, 0.29) is 17.7 Å². The van der Waals surface area contributed by atoms with Crippen molar-refractivity contribution >= 4 is 28.4 Å². The van der Waals surface area contributed by atoms with E-state index >= 15 is 0 Å². The Bertz CT molecular complexity index is 1150. The third-order valence-corrected chi connectivity index (χ3v) is 5.19. The third-order valence-electron chi connectivity index (χ3n) is 5.19. The van der Waals surface area contributed by atoms with Crippen LogP contribution in [-0.2, 0) is 10.7 Å². The maximum atomic E-state index is 14.1. The van der Waals surface area contributed by atoms with Crippen molar-refractivity contribution < 1.29 is 18.3 Å². The molecular formula is C20H24F2N8O2. The third kappa shape index (κ3) is 4.31. The van der Waals surface area contributed by atoms with Crippen LogP contribution >= 0.6 is 0 Å². The zero-order valence-corrected chi connectivity index (χ0v) is 18.3. The van der Waals surface area contributed by atoms with Crippen LogP contribution in [0.25, 0.3) is 16.9 Å². The van der Waals surface area contributed by atoms with E-state index in [1.165, 1.54) is 18.7 Å². The van der Waals surface area contributed by atoms with Crippen LogP contribution in [0.2, 0.25) is 0 Å². The van der Waals surface area contributed by atoms with Crippen LogP contribution in [0.4, 0.5) is 20.4 Å². The molecule has 0 unspecified atom stereocenters. The molecule has 0 spiro atoms. The number of carbonyl (C=O) groups excluding carboxylic acids is 1. The summed E-state index contributed by atoms with van der Waals surface area (Å²) in [6.07, 6.45) is 1.60. The number of halogens is 2. The summed E-state index contributed by atoms with van der Waals surface area (Å²) >= 11 is 0. The highest BCUT2D eigenvalue weighted by Gasteiger charge is 2.29. The molecule has 32 heavy (non-hydrogen) atoms. The topological polar surface area (TPSA) is 101 Å². The molecule has 1 saturated heterocycles. The van der Waals surface area contributed by atoms with Gasteiger partial charge in [-0.15, -0.1) is 5.10 Å². The SMILES string of the molecule is COc1cc(C(C)(F)F)nc(-n2nc(N3CCN(C)CC3)c3cnc(NC(C)=O)cc32)n1. The Kier molecular flexibility index (Phi) is 5.63. The second kappa shape index (κ2) is 8.26. The highest BCUT2D eigenvalue weighted by Crippen LogP contribution is 2.32. The quantitative estimate of drug-likeness (QED) is 0.636. The van der Waals surface area contributed by atoms with Gasteiger partial charge in [-0.2, -0.15) is 18.4 Å². The summed E-state index contributed by atoms with van der Waals surface area (Å²) in [6.45, 7) is 5.33. The number of pyridine rings is 1. The number of aromatic nitrogens is 5. The van der Waals surface area contributed by atoms with Gasteiger partial charge in [0, 0.05) is 58.4 Å². The molecule has 0 aliphatic carbocycles. The molecule has 4 rings (SSSR count). The van der Waals surface area contributed by atoms with E-state index in [2.05, 4.69) is 35.2 Å². The molecule has 170 valence electrons. The van der Waals surface area contributed by atoms with E-state index in [9.17, 15) is 13.6 Å². The minimum atomic E-state index is -3.20.